The largest absolute Gasteiger partial charge is 0.377 e. The predicted molar refractivity (Wildman–Crippen MR) is 95.6 cm³/mol. The van der Waals surface area contributed by atoms with Crippen LogP contribution < -0.4 is 11.1 Å². The smallest absolute Gasteiger partial charge is 0.0496 e. The second kappa shape index (κ2) is 6.70. The summed E-state index contributed by atoms with van der Waals surface area (Å²) in [5, 5.41) is 3.73. The number of nitrogens with two attached hydrogens (primary N) is 1. The SMILES string of the molecule is CCC(C)(C)C1CCC(CN)(Nc2ccccc2Br)CC1. The molecular formula is C18H29BrN2. The summed E-state index contributed by atoms with van der Waals surface area (Å²) in [7, 11) is 0. The Balaban J connectivity index is 2.07. The summed E-state index contributed by atoms with van der Waals surface area (Å²) in [6.45, 7) is 7.83. The Morgan fingerprint density at radius 3 is 2.43 bits per heavy atom. The van der Waals surface area contributed by atoms with E-state index in [1.165, 1.54) is 32.1 Å². The van der Waals surface area contributed by atoms with Crippen LogP contribution in [0.5, 0.6) is 0 Å². The van der Waals surface area contributed by atoms with Gasteiger partial charge in [-0.15, -0.1) is 0 Å². The molecule has 0 heterocycles. The molecule has 0 amide bonds. The number of para-hydroxylation sites is 1. The molecule has 1 fully saturated rings. The van der Waals surface area contributed by atoms with E-state index in [1.54, 1.807) is 0 Å². The fourth-order valence-electron chi connectivity index (χ4n) is 3.47. The van der Waals surface area contributed by atoms with Crippen LogP contribution in [0.25, 0.3) is 0 Å². The molecular weight excluding hydrogens is 324 g/mol. The molecule has 0 saturated heterocycles. The summed E-state index contributed by atoms with van der Waals surface area (Å²) in [4.78, 5) is 0. The number of benzene rings is 1. The topological polar surface area (TPSA) is 38.0 Å². The van der Waals surface area contributed by atoms with Gasteiger partial charge >= 0.3 is 0 Å². The molecule has 0 aliphatic heterocycles. The minimum Gasteiger partial charge on any atom is -0.377 e. The Labute approximate surface area is 138 Å². The van der Waals surface area contributed by atoms with Crippen LogP contribution in [-0.4, -0.2) is 12.1 Å². The van der Waals surface area contributed by atoms with Gasteiger partial charge in [-0.2, -0.15) is 0 Å². The first kappa shape index (κ1) is 16.8. The molecule has 0 radical (unpaired) electrons. The number of rotatable bonds is 5. The number of hydrogen-bond donors (Lipinski definition) is 2. The highest BCUT2D eigenvalue weighted by molar-refractivity contribution is 9.10. The maximum Gasteiger partial charge on any atom is 0.0496 e. The van der Waals surface area contributed by atoms with Crippen molar-refractivity contribution in [1.29, 1.82) is 0 Å². The van der Waals surface area contributed by atoms with E-state index in [2.05, 4.69) is 60.2 Å². The molecule has 0 bridgehead atoms. The predicted octanol–water partition coefficient (Wildman–Crippen LogP) is 5.18. The normalized spacial score (nSPS) is 26.6. The van der Waals surface area contributed by atoms with Crippen LogP contribution in [0.15, 0.2) is 28.7 Å². The highest BCUT2D eigenvalue weighted by Gasteiger charge is 2.39. The summed E-state index contributed by atoms with van der Waals surface area (Å²) in [6, 6.07) is 8.33. The molecule has 0 spiro atoms. The van der Waals surface area contributed by atoms with Crippen molar-refractivity contribution >= 4 is 21.6 Å². The van der Waals surface area contributed by atoms with Crippen LogP contribution in [0.1, 0.15) is 52.9 Å². The maximum atomic E-state index is 6.15. The molecule has 118 valence electrons. The van der Waals surface area contributed by atoms with E-state index in [0.717, 1.165) is 16.1 Å². The Morgan fingerprint density at radius 2 is 1.90 bits per heavy atom. The Morgan fingerprint density at radius 1 is 1.29 bits per heavy atom. The van der Waals surface area contributed by atoms with E-state index in [1.807, 2.05) is 6.07 Å². The zero-order valence-electron chi connectivity index (χ0n) is 13.6. The quantitative estimate of drug-likeness (QED) is 0.765. The Kier molecular flexibility index (Phi) is 5.37. The van der Waals surface area contributed by atoms with Crippen molar-refractivity contribution in [3.63, 3.8) is 0 Å². The van der Waals surface area contributed by atoms with Crippen molar-refractivity contribution < 1.29 is 0 Å². The number of halogens is 1. The molecule has 3 heteroatoms. The van der Waals surface area contributed by atoms with Gasteiger partial charge in [0.05, 0.1) is 0 Å². The van der Waals surface area contributed by atoms with Gasteiger partial charge in [-0.05, 0) is 65.1 Å². The third-order valence-corrected chi connectivity index (χ3v) is 6.32. The Hall–Kier alpha value is -0.540. The van der Waals surface area contributed by atoms with Gasteiger partial charge in [0.1, 0.15) is 0 Å². The van der Waals surface area contributed by atoms with Crippen molar-refractivity contribution in [3.05, 3.63) is 28.7 Å². The second-order valence-corrected chi connectivity index (χ2v) is 8.06. The first-order chi connectivity index (χ1) is 9.92. The zero-order chi connectivity index (χ0) is 15.5. The average Bonchev–Trinajstić information content (AvgIpc) is 2.50. The molecule has 1 aliphatic rings. The molecule has 1 aromatic carbocycles. The third-order valence-electron chi connectivity index (χ3n) is 5.62. The van der Waals surface area contributed by atoms with E-state index in [9.17, 15) is 0 Å². The van der Waals surface area contributed by atoms with E-state index in [4.69, 9.17) is 5.73 Å². The van der Waals surface area contributed by atoms with E-state index in [-0.39, 0.29) is 5.54 Å². The molecule has 1 saturated carbocycles. The van der Waals surface area contributed by atoms with Crippen LogP contribution in [0, 0.1) is 11.3 Å². The highest BCUT2D eigenvalue weighted by Crippen LogP contribution is 2.44. The average molecular weight is 353 g/mol. The van der Waals surface area contributed by atoms with Crippen molar-refractivity contribution in [1.82, 2.24) is 0 Å². The second-order valence-electron chi connectivity index (χ2n) is 7.21. The molecule has 0 unspecified atom stereocenters. The van der Waals surface area contributed by atoms with Crippen LogP contribution in [-0.2, 0) is 0 Å². The van der Waals surface area contributed by atoms with Gasteiger partial charge in [-0.25, -0.2) is 0 Å². The molecule has 0 atom stereocenters. The lowest BCUT2D eigenvalue weighted by Crippen LogP contribution is -2.49. The lowest BCUT2D eigenvalue weighted by atomic mass is 9.65. The number of hydrogen-bond acceptors (Lipinski definition) is 2. The lowest BCUT2D eigenvalue weighted by Gasteiger charge is -2.45. The van der Waals surface area contributed by atoms with Gasteiger partial charge < -0.3 is 11.1 Å². The summed E-state index contributed by atoms with van der Waals surface area (Å²) >= 11 is 3.63. The van der Waals surface area contributed by atoms with Crippen LogP contribution in [0.2, 0.25) is 0 Å². The van der Waals surface area contributed by atoms with Crippen molar-refractivity contribution in [3.8, 4) is 0 Å². The summed E-state index contributed by atoms with van der Waals surface area (Å²) < 4.78 is 1.12. The van der Waals surface area contributed by atoms with Gasteiger partial charge in [0.25, 0.3) is 0 Å². The minimum absolute atomic E-state index is 0.0597. The molecule has 3 N–H and O–H groups in total. The number of nitrogens with one attached hydrogen (secondary N) is 1. The first-order valence-corrected chi connectivity index (χ1v) is 8.94. The van der Waals surface area contributed by atoms with E-state index in [0.29, 0.717) is 12.0 Å². The van der Waals surface area contributed by atoms with E-state index < -0.39 is 0 Å². The Bertz CT molecular complexity index is 462. The lowest BCUT2D eigenvalue weighted by molar-refractivity contribution is 0.124. The standard InChI is InChI=1S/C18H29BrN2/c1-4-17(2,3)14-9-11-18(13-20,12-10-14)21-16-8-6-5-7-15(16)19/h5-8,14,21H,4,9-13,20H2,1-3H3. The van der Waals surface area contributed by atoms with Crippen molar-refractivity contribution in [2.45, 2.75) is 58.4 Å². The summed E-state index contributed by atoms with van der Waals surface area (Å²) in [6.07, 6.45) is 6.13. The van der Waals surface area contributed by atoms with Gasteiger partial charge in [0.2, 0.25) is 0 Å². The first-order valence-electron chi connectivity index (χ1n) is 8.15. The van der Waals surface area contributed by atoms with Gasteiger partial charge in [-0.3, -0.25) is 0 Å². The highest BCUT2D eigenvalue weighted by atomic mass is 79.9. The van der Waals surface area contributed by atoms with Crippen molar-refractivity contribution in [2.75, 3.05) is 11.9 Å². The zero-order valence-corrected chi connectivity index (χ0v) is 15.2. The van der Waals surface area contributed by atoms with Gasteiger partial charge in [0.15, 0.2) is 0 Å². The third kappa shape index (κ3) is 3.81. The fourth-order valence-corrected chi connectivity index (χ4v) is 3.85. The number of anilines is 1. The van der Waals surface area contributed by atoms with Gasteiger partial charge in [0, 0.05) is 22.2 Å². The van der Waals surface area contributed by atoms with E-state index >= 15 is 0 Å². The molecule has 2 nitrogen and oxygen atoms in total. The molecule has 21 heavy (non-hydrogen) atoms. The molecule has 1 aromatic rings. The van der Waals surface area contributed by atoms with Crippen LogP contribution >= 0.6 is 15.9 Å². The minimum atomic E-state index is 0.0597. The summed E-state index contributed by atoms with van der Waals surface area (Å²) in [5.74, 6) is 0.822. The van der Waals surface area contributed by atoms with Crippen LogP contribution in [0.4, 0.5) is 5.69 Å². The van der Waals surface area contributed by atoms with Crippen molar-refractivity contribution in [2.24, 2.45) is 17.1 Å². The molecule has 1 aliphatic carbocycles. The molecule has 0 aromatic heterocycles. The van der Waals surface area contributed by atoms with Crippen LogP contribution in [0.3, 0.4) is 0 Å². The summed E-state index contributed by atoms with van der Waals surface area (Å²) in [5.41, 5.74) is 7.82. The molecule has 2 rings (SSSR count). The monoisotopic (exact) mass is 352 g/mol. The van der Waals surface area contributed by atoms with Gasteiger partial charge in [-0.1, -0.05) is 39.3 Å². The maximum absolute atomic E-state index is 6.15. The fraction of sp³-hybridized carbons (Fsp3) is 0.667.